The Balaban J connectivity index is 1.90. The molecule has 0 bridgehead atoms. The average Bonchev–Trinajstić information content (AvgIpc) is 2.48. The van der Waals surface area contributed by atoms with Crippen LogP contribution in [0.15, 0.2) is 12.1 Å². The fourth-order valence-electron chi connectivity index (χ4n) is 2.88. The molecule has 3 rings (SSSR count). The highest BCUT2D eigenvalue weighted by molar-refractivity contribution is 5.69. The summed E-state index contributed by atoms with van der Waals surface area (Å²) in [5.74, 6) is 0.963. The Hall–Kier alpha value is -2.02. The molecule has 0 radical (unpaired) electrons. The molecule has 2 aliphatic rings. The summed E-state index contributed by atoms with van der Waals surface area (Å²) in [6.07, 6.45) is 4.06. The predicted molar refractivity (Wildman–Crippen MR) is 77.9 cm³/mol. The van der Waals surface area contributed by atoms with Crippen molar-refractivity contribution in [2.24, 2.45) is 5.73 Å². The Morgan fingerprint density at radius 1 is 1.19 bits per heavy atom. The number of benzene rings is 1. The minimum absolute atomic E-state index is 0.00276. The molecule has 1 aromatic rings. The Morgan fingerprint density at radius 2 is 1.86 bits per heavy atom. The van der Waals surface area contributed by atoms with E-state index in [4.69, 9.17) is 15.2 Å². The van der Waals surface area contributed by atoms with E-state index in [9.17, 15) is 10.1 Å². The van der Waals surface area contributed by atoms with Gasteiger partial charge in [-0.3, -0.25) is 10.1 Å². The maximum Gasteiger partial charge on any atom is 0.296 e. The van der Waals surface area contributed by atoms with Gasteiger partial charge in [-0.05, 0) is 12.8 Å². The summed E-state index contributed by atoms with van der Waals surface area (Å²) in [5.41, 5.74) is 6.55. The number of ether oxygens (including phenoxy) is 2. The van der Waals surface area contributed by atoms with E-state index in [1.54, 1.807) is 6.07 Å². The van der Waals surface area contributed by atoms with Gasteiger partial charge in [0.2, 0.25) is 0 Å². The molecule has 0 spiro atoms. The topological polar surface area (TPSA) is 99.7 Å². The maximum absolute atomic E-state index is 11.3. The van der Waals surface area contributed by atoms with Crippen molar-refractivity contribution in [1.29, 1.82) is 0 Å². The molecule has 1 heterocycles. The van der Waals surface area contributed by atoms with E-state index < -0.39 is 4.92 Å². The van der Waals surface area contributed by atoms with Gasteiger partial charge in [-0.25, -0.2) is 0 Å². The average molecular weight is 293 g/mol. The molecule has 21 heavy (non-hydrogen) atoms. The molecule has 114 valence electrons. The molecule has 7 heteroatoms. The van der Waals surface area contributed by atoms with Crippen LogP contribution >= 0.6 is 0 Å². The minimum atomic E-state index is -0.408. The van der Waals surface area contributed by atoms with Crippen LogP contribution in [0, 0.1) is 10.1 Å². The van der Waals surface area contributed by atoms with E-state index in [0.29, 0.717) is 30.4 Å². The van der Waals surface area contributed by atoms with E-state index in [1.165, 1.54) is 6.07 Å². The second kappa shape index (κ2) is 5.77. The highest BCUT2D eigenvalue weighted by atomic mass is 16.6. The molecule has 7 nitrogen and oxygen atoms in total. The normalized spacial score (nSPS) is 24.4. The van der Waals surface area contributed by atoms with E-state index >= 15 is 0 Å². The third kappa shape index (κ3) is 2.87. The largest absolute Gasteiger partial charge is 0.486 e. The van der Waals surface area contributed by atoms with Crippen LogP contribution in [0.1, 0.15) is 25.7 Å². The molecule has 2 unspecified atom stereocenters. The standard InChI is InChI=1S/C14H19N3O4/c15-9-3-1-2-4-10(9)16-11-7-13-14(21-6-5-20-13)8-12(11)17(18)19/h7-10,16H,1-6,15H2. The second-order valence-corrected chi connectivity index (χ2v) is 5.47. The Labute approximate surface area is 122 Å². The molecule has 0 aromatic heterocycles. The number of nitro benzene ring substituents is 1. The number of hydrogen-bond acceptors (Lipinski definition) is 6. The van der Waals surface area contributed by atoms with E-state index in [2.05, 4.69) is 5.32 Å². The number of nitrogens with zero attached hydrogens (tertiary/aromatic N) is 1. The van der Waals surface area contributed by atoms with Gasteiger partial charge in [-0.1, -0.05) is 12.8 Å². The monoisotopic (exact) mass is 293 g/mol. The smallest absolute Gasteiger partial charge is 0.296 e. The molecule has 2 atom stereocenters. The summed E-state index contributed by atoms with van der Waals surface area (Å²) in [5, 5.41) is 14.5. The van der Waals surface area contributed by atoms with E-state index in [-0.39, 0.29) is 17.8 Å². The number of nitrogens with one attached hydrogen (secondary N) is 1. The van der Waals surface area contributed by atoms with Gasteiger partial charge in [0, 0.05) is 18.2 Å². The first-order valence-corrected chi connectivity index (χ1v) is 7.25. The molecular weight excluding hydrogens is 274 g/mol. The van der Waals surface area contributed by atoms with Crippen LogP contribution in [0.3, 0.4) is 0 Å². The molecule has 1 saturated carbocycles. The van der Waals surface area contributed by atoms with Crippen molar-refractivity contribution in [3.8, 4) is 11.5 Å². The van der Waals surface area contributed by atoms with Gasteiger partial charge >= 0.3 is 0 Å². The lowest BCUT2D eigenvalue weighted by Gasteiger charge is -2.30. The summed E-state index contributed by atoms with van der Waals surface area (Å²) in [7, 11) is 0. The lowest BCUT2D eigenvalue weighted by Crippen LogP contribution is -2.42. The van der Waals surface area contributed by atoms with Gasteiger partial charge in [0.1, 0.15) is 18.9 Å². The molecule has 1 aromatic carbocycles. The summed E-state index contributed by atoms with van der Waals surface area (Å²) >= 11 is 0. The number of nitrogens with two attached hydrogens (primary N) is 1. The van der Waals surface area contributed by atoms with Crippen LogP contribution in [-0.4, -0.2) is 30.2 Å². The Morgan fingerprint density at radius 3 is 2.52 bits per heavy atom. The van der Waals surface area contributed by atoms with Crippen molar-refractivity contribution in [3.63, 3.8) is 0 Å². The van der Waals surface area contributed by atoms with Crippen molar-refractivity contribution < 1.29 is 14.4 Å². The number of rotatable bonds is 3. The highest BCUT2D eigenvalue weighted by Gasteiger charge is 2.27. The van der Waals surface area contributed by atoms with Crippen LogP contribution in [0.2, 0.25) is 0 Å². The number of hydrogen-bond donors (Lipinski definition) is 2. The fraction of sp³-hybridized carbons (Fsp3) is 0.571. The van der Waals surface area contributed by atoms with Gasteiger partial charge in [-0.15, -0.1) is 0 Å². The van der Waals surface area contributed by atoms with Gasteiger partial charge in [0.15, 0.2) is 11.5 Å². The summed E-state index contributed by atoms with van der Waals surface area (Å²) in [4.78, 5) is 10.9. The third-order valence-corrected chi connectivity index (χ3v) is 4.02. The molecule has 1 aliphatic heterocycles. The van der Waals surface area contributed by atoms with Crippen molar-refractivity contribution >= 4 is 11.4 Å². The van der Waals surface area contributed by atoms with E-state index in [1.807, 2.05) is 0 Å². The first-order valence-electron chi connectivity index (χ1n) is 7.25. The zero-order valence-corrected chi connectivity index (χ0v) is 11.7. The van der Waals surface area contributed by atoms with Crippen molar-refractivity contribution in [3.05, 3.63) is 22.2 Å². The summed E-state index contributed by atoms with van der Waals surface area (Å²) < 4.78 is 10.9. The van der Waals surface area contributed by atoms with E-state index in [0.717, 1.165) is 25.7 Å². The third-order valence-electron chi connectivity index (χ3n) is 4.02. The highest BCUT2D eigenvalue weighted by Crippen LogP contribution is 2.40. The van der Waals surface area contributed by atoms with Crippen LogP contribution < -0.4 is 20.5 Å². The van der Waals surface area contributed by atoms with Crippen LogP contribution in [-0.2, 0) is 0 Å². The Bertz CT molecular complexity index is 549. The van der Waals surface area contributed by atoms with Crippen LogP contribution in [0.5, 0.6) is 11.5 Å². The molecule has 1 aliphatic carbocycles. The lowest BCUT2D eigenvalue weighted by molar-refractivity contribution is -0.384. The quantitative estimate of drug-likeness (QED) is 0.653. The van der Waals surface area contributed by atoms with Crippen LogP contribution in [0.25, 0.3) is 0 Å². The van der Waals surface area contributed by atoms with Crippen molar-refractivity contribution in [2.75, 3.05) is 18.5 Å². The predicted octanol–water partition coefficient (Wildman–Crippen LogP) is 2.05. The number of fused-ring (bicyclic) bond motifs is 1. The molecule has 3 N–H and O–H groups in total. The zero-order valence-electron chi connectivity index (χ0n) is 11.7. The first-order chi connectivity index (χ1) is 10.1. The van der Waals surface area contributed by atoms with Gasteiger partial charge in [-0.2, -0.15) is 0 Å². The lowest BCUT2D eigenvalue weighted by atomic mass is 9.91. The summed E-state index contributed by atoms with van der Waals surface area (Å²) in [6, 6.07) is 3.14. The molecule has 0 amide bonds. The molecular formula is C14H19N3O4. The fourth-order valence-corrected chi connectivity index (χ4v) is 2.88. The molecule has 1 fully saturated rings. The Kier molecular flexibility index (Phi) is 3.83. The minimum Gasteiger partial charge on any atom is -0.486 e. The maximum atomic E-state index is 11.3. The number of anilines is 1. The zero-order chi connectivity index (χ0) is 14.8. The number of nitro groups is 1. The van der Waals surface area contributed by atoms with Crippen LogP contribution in [0.4, 0.5) is 11.4 Å². The van der Waals surface area contributed by atoms with Crippen molar-refractivity contribution in [1.82, 2.24) is 0 Å². The van der Waals surface area contributed by atoms with Gasteiger partial charge < -0.3 is 20.5 Å². The second-order valence-electron chi connectivity index (χ2n) is 5.47. The first kappa shape index (κ1) is 13.9. The van der Waals surface area contributed by atoms with Gasteiger partial charge in [0.25, 0.3) is 5.69 Å². The van der Waals surface area contributed by atoms with Gasteiger partial charge in [0.05, 0.1) is 11.0 Å². The molecule has 0 saturated heterocycles. The summed E-state index contributed by atoms with van der Waals surface area (Å²) in [6.45, 7) is 0.859. The SMILES string of the molecule is NC1CCCCC1Nc1cc2c(cc1[N+](=O)[O-])OCCO2. The van der Waals surface area contributed by atoms with Crippen molar-refractivity contribution in [2.45, 2.75) is 37.8 Å².